The number of fused-ring (bicyclic) bond motifs is 1. The van der Waals surface area contributed by atoms with Crippen LogP contribution in [-0.2, 0) is 22.6 Å². The molecule has 0 aliphatic carbocycles. The zero-order valence-corrected chi connectivity index (χ0v) is 15.9. The van der Waals surface area contributed by atoms with Crippen LogP contribution in [0.5, 0.6) is 0 Å². The number of benzene rings is 1. The maximum Gasteiger partial charge on any atom is 0.224 e. The van der Waals surface area contributed by atoms with E-state index < -0.39 is 0 Å². The van der Waals surface area contributed by atoms with Crippen LogP contribution < -0.4 is 5.32 Å². The maximum absolute atomic E-state index is 12.0. The molecule has 5 nitrogen and oxygen atoms in total. The molecule has 0 saturated heterocycles. The van der Waals surface area contributed by atoms with Gasteiger partial charge in [0.1, 0.15) is 11.5 Å². The summed E-state index contributed by atoms with van der Waals surface area (Å²) in [6.07, 6.45) is 1.22. The lowest BCUT2D eigenvalue weighted by Gasteiger charge is -2.24. The third-order valence-electron chi connectivity index (χ3n) is 4.46. The summed E-state index contributed by atoms with van der Waals surface area (Å²) in [5.41, 5.74) is 2.78. The van der Waals surface area contributed by atoms with Gasteiger partial charge in [-0.25, -0.2) is 0 Å². The first-order valence-electron chi connectivity index (χ1n) is 8.99. The summed E-state index contributed by atoms with van der Waals surface area (Å²) in [7, 11) is 0. The van der Waals surface area contributed by atoms with Crippen molar-refractivity contribution in [3.8, 4) is 11.3 Å². The number of carbonyl (C=O) groups is 2. The highest BCUT2D eigenvalue weighted by Gasteiger charge is 2.22. The van der Waals surface area contributed by atoms with Crippen molar-refractivity contribution in [2.45, 2.75) is 47.1 Å². The second-order valence-corrected chi connectivity index (χ2v) is 8.11. The lowest BCUT2D eigenvalue weighted by molar-refractivity contribution is -0.129. The number of nitrogens with zero attached hydrogens (tertiary/aromatic N) is 1. The Morgan fingerprint density at radius 2 is 1.88 bits per heavy atom. The van der Waals surface area contributed by atoms with Crippen LogP contribution in [0.4, 0.5) is 5.69 Å². The van der Waals surface area contributed by atoms with Gasteiger partial charge in [0, 0.05) is 49.7 Å². The van der Waals surface area contributed by atoms with E-state index in [1.54, 1.807) is 6.92 Å². The average molecular weight is 354 g/mol. The van der Waals surface area contributed by atoms with Crippen molar-refractivity contribution in [3.05, 3.63) is 41.7 Å². The molecule has 0 bridgehead atoms. The van der Waals surface area contributed by atoms with Crippen molar-refractivity contribution >= 4 is 17.5 Å². The highest BCUT2D eigenvalue weighted by molar-refractivity contribution is 5.91. The zero-order chi connectivity index (χ0) is 18.9. The maximum atomic E-state index is 12.0. The predicted molar refractivity (Wildman–Crippen MR) is 102 cm³/mol. The molecule has 0 spiro atoms. The van der Waals surface area contributed by atoms with E-state index in [0.29, 0.717) is 19.5 Å². The molecule has 2 aromatic rings. The molecular weight excluding hydrogens is 328 g/mol. The Morgan fingerprint density at radius 3 is 2.50 bits per heavy atom. The summed E-state index contributed by atoms with van der Waals surface area (Å²) in [4.78, 5) is 25.4. The second-order valence-electron chi connectivity index (χ2n) is 8.11. The quantitative estimate of drug-likeness (QED) is 0.897. The molecule has 0 unspecified atom stereocenters. The number of anilines is 1. The standard InChI is InChI=1S/C21H26N2O3/c1-14(24)23-10-9-18-16(13-23)11-19(26-18)15-5-7-17(8-6-15)22-20(25)12-21(2,3)4/h5-8,11H,9-10,12-13H2,1-4H3,(H,22,25). The Hall–Kier alpha value is -2.56. The van der Waals surface area contributed by atoms with E-state index in [9.17, 15) is 9.59 Å². The van der Waals surface area contributed by atoms with Crippen LogP contribution in [0.1, 0.15) is 45.4 Å². The topological polar surface area (TPSA) is 62.6 Å². The van der Waals surface area contributed by atoms with Crippen molar-refractivity contribution < 1.29 is 14.0 Å². The van der Waals surface area contributed by atoms with Gasteiger partial charge in [-0.1, -0.05) is 20.8 Å². The Bertz CT molecular complexity index is 813. The molecule has 0 atom stereocenters. The fraction of sp³-hybridized carbons (Fsp3) is 0.429. The number of rotatable bonds is 3. The molecule has 0 fully saturated rings. The van der Waals surface area contributed by atoms with Crippen molar-refractivity contribution in [1.29, 1.82) is 0 Å². The van der Waals surface area contributed by atoms with Crippen LogP contribution in [0.15, 0.2) is 34.7 Å². The largest absolute Gasteiger partial charge is 0.461 e. The van der Waals surface area contributed by atoms with Gasteiger partial charge in [-0.2, -0.15) is 0 Å². The zero-order valence-electron chi connectivity index (χ0n) is 15.9. The van der Waals surface area contributed by atoms with Gasteiger partial charge >= 0.3 is 0 Å². The minimum absolute atomic E-state index is 0.0167. The van der Waals surface area contributed by atoms with E-state index in [-0.39, 0.29) is 17.2 Å². The smallest absolute Gasteiger partial charge is 0.224 e. The lowest BCUT2D eigenvalue weighted by Crippen LogP contribution is -2.33. The van der Waals surface area contributed by atoms with Gasteiger partial charge in [-0.05, 0) is 35.7 Å². The Labute approximate surface area is 154 Å². The molecule has 0 radical (unpaired) electrons. The molecular formula is C21H26N2O3. The molecule has 2 heterocycles. The number of hydrogen-bond acceptors (Lipinski definition) is 3. The van der Waals surface area contributed by atoms with Gasteiger partial charge in [0.2, 0.25) is 11.8 Å². The molecule has 2 amide bonds. The molecule has 1 aliphatic rings. The molecule has 1 aromatic heterocycles. The van der Waals surface area contributed by atoms with Crippen molar-refractivity contribution in [1.82, 2.24) is 4.90 Å². The van der Waals surface area contributed by atoms with E-state index >= 15 is 0 Å². The van der Waals surface area contributed by atoms with Crippen LogP contribution in [0, 0.1) is 5.41 Å². The van der Waals surface area contributed by atoms with Crippen LogP contribution in [0.25, 0.3) is 11.3 Å². The number of hydrogen-bond donors (Lipinski definition) is 1. The van der Waals surface area contributed by atoms with Gasteiger partial charge in [-0.15, -0.1) is 0 Å². The molecule has 5 heteroatoms. The summed E-state index contributed by atoms with van der Waals surface area (Å²) in [5, 5.41) is 2.93. The molecule has 1 aliphatic heterocycles. The Kier molecular flexibility index (Phi) is 4.90. The summed E-state index contributed by atoms with van der Waals surface area (Å²) in [5.74, 6) is 1.87. The monoisotopic (exact) mass is 354 g/mol. The SMILES string of the molecule is CC(=O)N1CCc2oc(-c3ccc(NC(=O)CC(C)(C)C)cc3)cc2C1. The van der Waals surface area contributed by atoms with Crippen LogP contribution in [0.3, 0.4) is 0 Å². The minimum atomic E-state index is -0.0367. The Balaban J connectivity index is 1.70. The van der Waals surface area contributed by atoms with Gasteiger partial charge < -0.3 is 14.6 Å². The van der Waals surface area contributed by atoms with E-state index in [1.807, 2.05) is 56.0 Å². The van der Waals surface area contributed by atoms with Gasteiger partial charge in [0.25, 0.3) is 0 Å². The number of nitrogens with one attached hydrogen (secondary N) is 1. The minimum Gasteiger partial charge on any atom is -0.461 e. The van der Waals surface area contributed by atoms with Gasteiger partial charge in [0.15, 0.2) is 0 Å². The first-order valence-corrected chi connectivity index (χ1v) is 8.99. The molecule has 1 N–H and O–H groups in total. The predicted octanol–water partition coefficient (Wildman–Crippen LogP) is 4.23. The van der Waals surface area contributed by atoms with Gasteiger partial charge in [0.05, 0.1) is 0 Å². The van der Waals surface area contributed by atoms with Crippen LogP contribution in [-0.4, -0.2) is 23.3 Å². The normalized spacial score (nSPS) is 14.1. The average Bonchev–Trinajstić information content (AvgIpc) is 2.96. The summed E-state index contributed by atoms with van der Waals surface area (Å²) in [6, 6.07) is 9.68. The first-order chi connectivity index (χ1) is 12.2. The fourth-order valence-electron chi connectivity index (χ4n) is 3.15. The summed E-state index contributed by atoms with van der Waals surface area (Å²) in [6.45, 7) is 9.03. The second kappa shape index (κ2) is 6.98. The van der Waals surface area contributed by atoms with Crippen molar-refractivity contribution in [3.63, 3.8) is 0 Å². The number of amides is 2. The summed E-state index contributed by atoms with van der Waals surface area (Å²) < 4.78 is 5.98. The van der Waals surface area contributed by atoms with E-state index in [2.05, 4.69) is 5.32 Å². The van der Waals surface area contributed by atoms with Gasteiger partial charge in [-0.3, -0.25) is 9.59 Å². The number of furan rings is 1. The number of carbonyl (C=O) groups excluding carboxylic acids is 2. The van der Waals surface area contributed by atoms with E-state index in [0.717, 1.165) is 34.8 Å². The van der Waals surface area contributed by atoms with Crippen LogP contribution >= 0.6 is 0 Å². The first kappa shape index (κ1) is 18.2. The molecule has 1 aromatic carbocycles. The molecule has 138 valence electrons. The summed E-state index contributed by atoms with van der Waals surface area (Å²) >= 11 is 0. The van der Waals surface area contributed by atoms with Crippen molar-refractivity contribution in [2.24, 2.45) is 5.41 Å². The molecule has 3 rings (SSSR count). The fourth-order valence-corrected chi connectivity index (χ4v) is 3.15. The van der Waals surface area contributed by atoms with E-state index in [1.165, 1.54) is 0 Å². The highest BCUT2D eigenvalue weighted by atomic mass is 16.3. The van der Waals surface area contributed by atoms with Crippen molar-refractivity contribution in [2.75, 3.05) is 11.9 Å². The highest BCUT2D eigenvalue weighted by Crippen LogP contribution is 2.30. The molecule has 26 heavy (non-hydrogen) atoms. The third kappa shape index (κ3) is 4.34. The molecule has 0 saturated carbocycles. The third-order valence-corrected chi connectivity index (χ3v) is 4.46. The van der Waals surface area contributed by atoms with E-state index in [4.69, 9.17) is 4.42 Å². The Morgan fingerprint density at radius 1 is 1.19 bits per heavy atom. The van der Waals surface area contributed by atoms with Crippen LogP contribution in [0.2, 0.25) is 0 Å². The lowest BCUT2D eigenvalue weighted by atomic mass is 9.92.